The molecule has 2 atom stereocenters. The number of anilines is 1. The van der Waals surface area contributed by atoms with E-state index in [1.54, 1.807) is 24.3 Å². The number of carbonyl (C=O) groups is 2. The molecule has 0 saturated heterocycles. The minimum Gasteiger partial charge on any atom is -0.484 e. The van der Waals surface area contributed by atoms with Gasteiger partial charge in [-0.1, -0.05) is 19.8 Å². The van der Waals surface area contributed by atoms with Crippen LogP contribution in [0.2, 0.25) is 0 Å². The zero-order valence-electron chi connectivity index (χ0n) is 13.2. The topological polar surface area (TPSA) is 67.4 Å². The van der Waals surface area contributed by atoms with Crippen LogP contribution < -0.4 is 15.4 Å². The first kappa shape index (κ1) is 16.3. The summed E-state index contributed by atoms with van der Waals surface area (Å²) in [5.74, 6) is 0.954. The molecular formula is C17H24N2O3. The molecule has 0 unspecified atom stereocenters. The normalized spacial score (nSPS) is 21.0. The van der Waals surface area contributed by atoms with Crippen LogP contribution in [0.1, 0.15) is 39.5 Å². The van der Waals surface area contributed by atoms with Gasteiger partial charge in [0.15, 0.2) is 6.61 Å². The quantitative estimate of drug-likeness (QED) is 0.879. The van der Waals surface area contributed by atoms with E-state index in [0.717, 1.165) is 6.42 Å². The molecule has 2 amide bonds. The number of rotatable bonds is 5. The Labute approximate surface area is 131 Å². The molecule has 1 saturated carbocycles. The first-order valence-electron chi connectivity index (χ1n) is 7.84. The predicted molar refractivity (Wildman–Crippen MR) is 85.8 cm³/mol. The summed E-state index contributed by atoms with van der Waals surface area (Å²) >= 11 is 0. The summed E-state index contributed by atoms with van der Waals surface area (Å²) in [6, 6.07) is 7.24. The Kier molecular flexibility index (Phi) is 5.81. The van der Waals surface area contributed by atoms with Crippen LogP contribution in [-0.2, 0) is 9.59 Å². The largest absolute Gasteiger partial charge is 0.484 e. The van der Waals surface area contributed by atoms with E-state index in [1.165, 1.54) is 26.2 Å². The fourth-order valence-corrected chi connectivity index (χ4v) is 2.77. The van der Waals surface area contributed by atoms with Crippen LogP contribution in [-0.4, -0.2) is 24.5 Å². The van der Waals surface area contributed by atoms with Gasteiger partial charge in [0.25, 0.3) is 5.91 Å². The highest BCUT2D eigenvalue weighted by Crippen LogP contribution is 2.23. The van der Waals surface area contributed by atoms with Gasteiger partial charge < -0.3 is 15.4 Å². The Balaban J connectivity index is 1.77. The minimum absolute atomic E-state index is 0.0166. The van der Waals surface area contributed by atoms with Crippen LogP contribution >= 0.6 is 0 Å². The second-order valence-corrected chi connectivity index (χ2v) is 5.93. The molecule has 22 heavy (non-hydrogen) atoms. The maximum atomic E-state index is 11.9. The van der Waals surface area contributed by atoms with Crippen molar-refractivity contribution >= 4 is 17.5 Å². The van der Waals surface area contributed by atoms with Crippen molar-refractivity contribution < 1.29 is 14.3 Å². The molecule has 0 bridgehead atoms. The third-order valence-corrected chi connectivity index (χ3v) is 4.00. The highest BCUT2D eigenvalue weighted by Gasteiger charge is 2.22. The summed E-state index contributed by atoms with van der Waals surface area (Å²) in [5, 5.41) is 5.74. The van der Waals surface area contributed by atoms with E-state index in [1.807, 2.05) is 0 Å². The fraction of sp³-hybridized carbons (Fsp3) is 0.529. The molecule has 5 heteroatoms. The number of hydrogen-bond donors (Lipinski definition) is 2. The number of benzene rings is 1. The van der Waals surface area contributed by atoms with Crippen LogP contribution in [0.4, 0.5) is 5.69 Å². The summed E-state index contributed by atoms with van der Waals surface area (Å²) in [6.07, 6.45) is 4.67. The number of ether oxygens (including phenoxy) is 1. The van der Waals surface area contributed by atoms with Crippen molar-refractivity contribution in [3.8, 4) is 5.75 Å². The predicted octanol–water partition coefficient (Wildman–Crippen LogP) is 2.72. The van der Waals surface area contributed by atoms with Gasteiger partial charge >= 0.3 is 0 Å². The van der Waals surface area contributed by atoms with E-state index in [4.69, 9.17) is 4.74 Å². The number of carbonyl (C=O) groups excluding carboxylic acids is 2. The van der Waals surface area contributed by atoms with Crippen molar-refractivity contribution in [1.29, 1.82) is 0 Å². The van der Waals surface area contributed by atoms with E-state index in [-0.39, 0.29) is 24.5 Å². The van der Waals surface area contributed by atoms with Gasteiger partial charge in [-0.2, -0.15) is 0 Å². The second-order valence-electron chi connectivity index (χ2n) is 5.93. The van der Waals surface area contributed by atoms with E-state index in [0.29, 0.717) is 17.4 Å². The van der Waals surface area contributed by atoms with Crippen LogP contribution in [0.3, 0.4) is 0 Å². The lowest BCUT2D eigenvalue weighted by molar-refractivity contribution is -0.124. The zero-order chi connectivity index (χ0) is 15.9. The fourth-order valence-electron chi connectivity index (χ4n) is 2.77. The van der Waals surface area contributed by atoms with Gasteiger partial charge in [0, 0.05) is 18.7 Å². The van der Waals surface area contributed by atoms with Gasteiger partial charge in [0.2, 0.25) is 5.91 Å². The molecule has 1 aliphatic carbocycles. The van der Waals surface area contributed by atoms with Gasteiger partial charge in [0.1, 0.15) is 5.75 Å². The van der Waals surface area contributed by atoms with Gasteiger partial charge in [0.05, 0.1) is 0 Å². The van der Waals surface area contributed by atoms with E-state index < -0.39 is 0 Å². The van der Waals surface area contributed by atoms with E-state index in [9.17, 15) is 9.59 Å². The number of nitrogens with one attached hydrogen (secondary N) is 2. The van der Waals surface area contributed by atoms with Crippen molar-refractivity contribution in [2.24, 2.45) is 5.92 Å². The summed E-state index contributed by atoms with van der Waals surface area (Å²) in [7, 11) is 0. The summed E-state index contributed by atoms with van der Waals surface area (Å²) in [4.78, 5) is 22.9. The van der Waals surface area contributed by atoms with Crippen molar-refractivity contribution in [3.05, 3.63) is 24.3 Å². The summed E-state index contributed by atoms with van der Waals surface area (Å²) in [6.45, 7) is 3.66. The second kappa shape index (κ2) is 7.82. The third-order valence-electron chi connectivity index (χ3n) is 4.00. The number of amides is 2. The molecule has 0 radical (unpaired) electrons. The lowest BCUT2D eigenvalue weighted by Crippen LogP contribution is -2.43. The molecule has 120 valence electrons. The first-order chi connectivity index (χ1) is 10.5. The zero-order valence-corrected chi connectivity index (χ0v) is 13.2. The van der Waals surface area contributed by atoms with Gasteiger partial charge in [-0.15, -0.1) is 0 Å². The van der Waals surface area contributed by atoms with E-state index >= 15 is 0 Å². The minimum atomic E-state index is -0.116. The maximum absolute atomic E-state index is 11.9. The monoisotopic (exact) mass is 304 g/mol. The van der Waals surface area contributed by atoms with Crippen LogP contribution in [0.25, 0.3) is 0 Å². The first-order valence-corrected chi connectivity index (χ1v) is 7.84. The Morgan fingerprint density at radius 1 is 1.18 bits per heavy atom. The Hall–Kier alpha value is -2.04. The third kappa shape index (κ3) is 5.06. The molecule has 0 aliphatic heterocycles. The Morgan fingerprint density at radius 2 is 1.86 bits per heavy atom. The molecule has 1 aromatic carbocycles. The number of hydrogen-bond acceptors (Lipinski definition) is 3. The molecule has 1 fully saturated rings. The van der Waals surface area contributed by atoms with Crippen LogP contribution in [0.5, 0.6) is 5.75 Å². The van der Waals surface area contributed by atoms with Crippen LogP contribution in [0, 0.1) is 5.92 Å². The summed E-state index contributed by atoms with van der Waals surface area (Å²) < 4.78 is 5.48. The Bertz CT molecular complexity index is 513. The van der Waals surface area contributed by atoms with Gasteiger partial charge in [-0.3, -0.25) is 9.59 Å². The maximum Gasteiger partial charge on any atom is 0.258 e. The van der Waals surface area contributed by atoms with Gasteiger partial charge in [-0.25, -0.2) is 0 Å². The lowest BCUT2D eigenvalue weighted by Gasteiger charge is -2.29. The molecule has 1 aliphatic rings. The highest BCUT2D eigenvalue weighted by molar-refractivity contribution is 5.88. The van der Waals surface area contributed by atoms with Crippen molar-refractivity contribution in [2.45, 2.75) is 45.6 Å². The standard InChI is InChI=1S/C17H24N2O3/c1-12-5-3-4-6-16(12)19-17(21)11-22-15-9-7-14(8-10-15)18-13(2)20/h7-10,12,16H,3-6,11H2,1-2H3,(H,18,20)(H,19,21)/t12-,16+/m1/s1. The van der Waals surface area contributed by atoms with Crippen LogP contribution in [0.15, 0.2) is 24.3 Å². The molecule has 5 nitrogen and oxygen atoms in total. The SMILES string of the molecule is CC(=O)Nc1ccc(OCC(=O)N[C@H]2CCCC[C@H]2C)cc1. The van der Waals surface area contributed by atoms with Crippen molar-refractivity contribution in [1.82, 2.24) is 5.32 Å². The van der Waals surface area contributed by atoms with E-state index in [2.05, 4.69) is 17.6 Å². The molecule has 2 N–H and O–H groups in total. The average molecular weight is 304 g/mol. The van der Waals surface area contributed by atoms with Crippen molar-refractivity contribution in [3.63, 3.8) is 0 Å². The molecular weight excluding hydrogens is 280 g/mol. The molecule has 2 rings (SSSR count). The summed E-state index contributed by atoms with van der Waals surface area (Å²) in [5.41, 5.74) is 0.709. The molecule has 0 heterocycles. The van der Waals surface area contributed by atoms with Crippen molar-refractivity contribution in [2.75, 3.05) is 11.9 Å². The lowest BCUT2D eigenvalue weighted by atomic mass is 9.86. The smallest absolute Gasteiger partial charge is 0.258 e. The highest BCUT2D eigenvalue weighted by atomic mass is 16.5. The molecule has 1 aromatic rings. The average Bonchev–Trinajstić information content (AvgIpc) is 2.48. The molecule has 0 aromatic heterocycles. The molecule has 0 spiro atoms. The van der Waals surface area contributed by atoms with Gasteiger partial charge in [-0.05, 0) is 43.0 Å². The Morgan fingerprint density at radius 3 is 2.50 bits per heavy atom.